The first-order chi connectivity index (χ1) is 24.4. The number of amides is 1. The molecule has 10 nitrogen and oxygen atoms in total. The molecule has 0 N–H and O–H groups in total. The Balaban J connectivity index is 1.43. The number of carbonyl (C=O) groups is 4. The van der Waals surface area contributed by atoms with E-state index in [2.05, 4.69) is 12.2 Å². The molecule has 5 atom stereocenters. The predicted molar refractivity (Wildman–Crippen MR) is 194 cm³/mol. The molecule has 1 amide bonds. The van der Waals surface area contributed by atoms with Gasteiger partial charge in [-0.2, -0.15) is 0 Å². The molecule has 0 radical (unpaired) electrons. The number of carbonyl (C=O) groups excluding carboxylic acids is 4. The summed E-state index contributed by atoms with van der Waals surface area (Å²) < 4.78 is 24.1. The van der Waals surface area contributed by atoms with E-state index in [0.717, 1.165) is 36.6 Å². The molecule has 1 aliphatic carbocycles. The molecule has 2 aromatic rings. The van der Waals surface area contributed by atoms with Crippen LogP contribution in [-0.2, 0) is 23.9 Å². The first-order valence-electron chi connectivity index (χ1n) is 18.6. The largest absolute Gasteiger partial charge is 0.496 e. The zero-order valence-electron chi connectivity index (χ0n) is 30.7. The lowest BCUT2D eigenvalue weighted by molar-refractivity contribution is -0.152. The molecule has 0 spiro atoms. The topological polar surface area (TPSA) is 121 Å². The summed E-state index contributed by atoms with van der Waals surface area (Å²) in [6, 6.07) is 4.80. The van der Waals surface area contributed by atoms with Gasteiger partial charge in [-0.1, -0.05) is 51.0 Å². The maximum absolute atomic E-state index is 14.6. The van der Waals surface area contributed by atoms with E-state index in [0.29, 0.717) is 48.8 Å². The standard InChI is InChI=1S/C41H52N2O8/c1-6-49-37-21-36-31-17-27(35(48-5)20-32(31)42-37)14-12-16-40(3,4)25-50-38(46)18-28-13-10-8-7-9-11-15-29-22-41(29,26(2)44)23-34(45)33-19-30(51-36)24-43(33)39(28)47/h11-12,14-15,17,20-21,28-30,33H,6-10,13,16,18-19,22-25H2,1-5H3/b14-12+,15-11-/t28-,29-,30-,33+,41+/m1/s1. The van der Waals surface area contributed by atoms with Gasteiger partial charge < -0.3 is 23.8 Å². The van der Waals surface area contributed by atoms with Gasteiger partial charge in [-0.3, -0.25) is 19.2 Å². The quantitative estimate of drug-likeness (QED) is 0.244. The number of nitrogens with zero attached hydrogens (tertiary/aromatic N) is 2. The van der Waals surface area contributed by atoms with Gasteiger partial charge in [0.05, 0.1) is 44.8 Å². The Morgan fingerprint density at radius 3 is 2.69 bits per heavy atom. The third kappa shape index (κ3) is 8.15. The fraction of sp³-hybridized carbons (Fsp3) is 0.585. The number of ether oxygens (including phenoxy) is 4. The van der Waals surface area contributed by atoms with Crippen molar-refractivity contribution in [2.24, 2.45) is 22.7 Å². The first-order valence-corrected chi connectivity index (χ1v) is 18.6. The van der Waals surface area contributed by atoms with Crippen molar-refractivity contribution in [1.29, 1.82) is 0 Å². The van der Waals surface area contributed by atoms with Gasteiger partial charge in [0.1, 0.15) is 23.4 Å². The van der Waals surface area contributed by atoms with Gasteiger partial charge >= 0.3 is 5.97 Å². The van der Waals surface area contributed by atoms with E-state index in [4.69, 9.17) is 23.9 Å². The number of allylic oxidation sites excluding steroid dienone is 3. The van der Waals surface area contributed by atoms with Crippen molar-refractivity contribution in [3.8, 4) is 17.4 Å². The highest BCUT2D eigenvalue weighted by Crippen LogP contribution is 2.57. The Morgan fingerprint density at radius 1 is 1.10 bits per heavy atom. The number of hydrogen-bond acceptors (Lipinski definition) is 9. The summed E-state index contributed by atoms with van der Waals surface area (Å²) in [6.07, 6.45) is 13.3. The second-order valence-corrected chi connectivity index (χ2v) is 15.5. The van der Waals surface area contributed by atoms with Crippen molar-refractivity contribution >= 4 is 40.4 Å². The van der Waals surface area contributed by atoms with Crippen molar-refractivity contribution in [3.05, 3.63) is 42.0 Å². The van der Waals surface area contributed by atoms with Crippen LogP contribution in [-0.4, -0.2) is 72.3 Å². The summed E-state index contributed by atoms with van der Waals surface area (Å²) in [5, 5.41) is 0.747. The molecule has 5 bridgehead atoms. The zero-order valence-corrected chi connectivity index (χ0v) is 30.7. The Hall–Kier alpha value is -4.21. The minimum atomic E-state index is -0.785. The third-order valence-corrected chi connectivity index (χ3v) is 11.1. The number of esters is 1. The Kier molecular flexibility index (Phi) is 10.9. The predicted octanol–water partition coefficient (Wildman–Crippen LogP) is 7.06. The average molecular weight is 701 g/mol. The van der Waals surface area contributed by atoms with Crippen LogP contribution in [0.25, 0.3) is 17.0 Å². The number of aromatic nitrogens is 1. The fourth-order valence-electron chi connectivity index (χ4n) is 7.94. The maximum Gasteiger partial charge on any atom is 0.306 e. The smallest absolute Gasteiger partial charge is 0.306 e. The SMILES string of the molecule is CCOc1cc2c3cc(c(OC)cc3n1)/C=C/CC(C)(C)COC(=O)C[C@H]1CCCCC/C=C\[C@@H]3C[C@@]3(C(C)=O)CC(=O)[C@@H]3C[C@H](CN3C1=O)O2. The number of benzene rings is 1. The van der Waals surface area contributed by atoms with Gasteiger partial charge in [-0.25, -0.2) is 4.98 Å². The summed E-state index contributed by atoms with van der Waals surface area (Å²) in [5.41, 5.74) is 0.351. The van der Waals surface area contributed by atoms with Gasteiger partial charge in [0.15, 0.2) is 5.78 Å². The van der Waals surface area contributed by atoms with E-state index < -0.39 is 29.4 Å². The molecule has 1 saturated heterocycles. The van der Waals surface area contributed by atoms with Crippen LogP contribution in [0.2, 0.25) is 0 Å². The number of fused-ring (bicyclic) bond motifs is 4. The number of Topliss-reactive ketones (excluding diaryl/α,β-unsaturated/α-hetero) is 2. The van der Waals surface area contributed by atoms with Crippen LogP contribution in [0.3, 0.4) is 0 Å². The zero-order chi connectivity index (χ0) is 36.3. The Morgan fingerprint density at radius 2 is 1.92 bits per heavy atom. The lowest BCUT2D eigenvalue weighted by Gasteiger charge is -2.29. The monoisotopic (exact) mass is 700 g/mol. The molecular weight excluding hydrogens is 648 g/mol. The second-order valence-electron chi connectivity index (χ2n) is 15.5. The lowest BCUT2D eigenvalue weighted by Crippen LogP contribution is -2.45. The molecule has 1 aromatic carbocycles. The number of cyclic esters (lactones) is 1. The number of rotatable bonds is 4. The maximum atomic E-state index is 14.6. The van der Waals surface area contributed by atoms with E-state index in [1.807, 2.05) is 45.1 Å². The van der Waals surface area contributed by atoms with Crippen LogP contribution in [0, 0.1) is 22.7 Å². The highest BCUT2D eigenvalue weighted by Gasteiger charge is 2.58. The van der Waals surface area contributed by atoms with Gasteiger partial charge in [-0.15, -0.1) is 0 Å². The molecule has 4 aliphatic rings. The van der Waals surface area contributed by atoms with Crippen LogP contribution in [0.15, 0.2) is 36.4 Å². The summed E-state index contributed by atoms with van der Waals surface area (Å²) in [4.78, 5) is 61.6. The van der Waals surface area contributed by atoms with Crippen LogP contribution in [0.1, 0.15) is 97.5 Å². The summed E-state index contributed by atoms with van der Waals surface area (Å²) in [6.45, 7) is 8.30. The molecule has 4 heterocycles. The van der Waals surface area contributed by atoms with Crippen LogP contribution in [0.5, 0.6) is 17.4 Å². The molecule has 3 aliphatic heterocycles. The minimum Gasteiger partial charge on any atom is -0.496 e. The molecule has 274 valence electrons. The van der Waals surface area contributed by atoms with Crippen molar-refractivity contribution in [2.45, 2.75) is 104 Å². The minimum absolute atomic E-state index is 0.00591. The fourth-order valence-corrected chi connectivity index (χ4v) is 7.94. The lowest BCUT2D eigenvalue weighted by atomic mass is 9.88. The third-order valence-electron chi connectivity index (χ3n) is 11.1. The van der Waals surface area contributed by atoms with Gasteiger partial charge in [-0.05, 0) is 57.9 Å². The van der Waals surface area contributed by atoms with Crippen molar-refractivity contribution in [3.63, 3.8) is 0 Å². The van der Waals surface area contributed by atoms with Gasteiger partial charge in [0, 0.05) is 52.7 Å². The number of pyridine rings is 1. The van der Waals surface area contributed by atoms with E-state index in [9.17, 15) is 19.2 Å². The number of hydrogen-bond donors (Lipinski definition) is 0. The van der Waals surface area contributed by atoms with Crippen LogP contribution >= 0.6 is 0 Å². The van der Waals surface area contributed by atoms with E-state index in [1.165, 1.54) is 0 Å². The van der Waals surface area contributed by atoms with Gasteiger partial charge in [0.2, 0.25) is 11.8 Å². The van der Waals surface area contributed by atoms with E-state index in [1.54, 1.807) is 25.0 Å². The van der Waals surface area contributed by atoms with Crippen LogP contribution in [0.4, 0.5) is 0 Å². The Bertz CT molecular complexity index is 1730. The molecule has 10 heteroatoms. The number of methoxy groups -OCH3 is 1. The molecule has 1 saturated carbocycles. The van der Waals surface area contributed by atoms with Crippen molar-refractivity contribution in [2.75, 3.05) is 26.9 Å². The van der Waals surface area contributed by atoms with E-state index >= 15 is 0 Å². The molecule has 1 aromatic heterocycles. The van der Waals surface area contributed by atoms with Crippen molar-refractivity contribution in [1.82, 2.24) is 9.88 Å². The summed E-state index contributed by atoms with van der Waals surface area (Å²) in [7, 11) is 1.61. The molecular formula is C41H52N2O8. The molecule has 0 unspecified atom stereocenters. The van der Waals surface area contributed by atoms with Crippen molar-refractivity contribution < 1.29 is 38.1 Å². The summed E-state index contributed by atoms with van der Waals surface area (Å²) >= 11 is 0. The van der Waals surface area contributed by atoms with Crippen LogP contribution < -0.4 is 14.2 Å². The van der Waals surface area contributed by atoms with E-state index in [-0.39, 0.29) is 61.2 Å². The molecule has 2 fully saturated rings. The number of ketones is 2. The normalized spacial score (nSPS) is 29.8. The highest BCUT2D eigenvalue weighted by molar-refractivity contribution is 5.97. The molecule has 6 rings (SSSR count). The Labute approximate surface area is 300 Å². The molecule has 51 heavy (non-hydrogen) atoms. The second kappa shape index (κ2) is 15.2. The average Bonchev–Trinajstić information content (AvgIpc) is 3.62. The van der Waals surface area contributed by atoms with Gasteiger partial charge in [0.25, 0.3) is 0 Å². The first kappa shape index (κ1) is 36.6. The highest BCUT2D eigenvalue weighted by atomic mass is 16.5. The summed E-state index contributed by atoms with van der Waals surface area (Å²) in [5.74, 6) is 0.150.